The summed E-state index contributed by atoms with van der Waals surface area (Å²) in [5.74, 6) is 0.459. The van der Waals surface area contributed by atoms with E-state index in [1.54, 1.807) is 12.1 Å². The number of nitrogens with one attached hydrogen (secondary N) is 1. The van der Waals surface area contributed by atoms with E-state index >= 15 is 0 Å². The lowest BCUT2D eigenvalue weighted by Crippen LogP contribution is -2.33. The van der Waals surface area contributed by atoms with Gasteiger partial charge in [0.25, 0.3) is 0 Å². The molecule has 1 N–H and O–H groups in total. The molecule has 1 amide bonds. The van der Waals surface area contributed by atoms with Gasteiger partial charge in [-0.1, -0.05) is 44.4 Å². The fraction of sp³-hybridized carbons (Fsp3) is 0.611. The molecule has 0 radical (unpaired) electrons. The Morgan fingerprint density at radius 2 is 2.04 bits per heavy atom. The molecule has 1 unspecified atom stereocenters. The lowest BCUT2D eigenvalue weighted by atomic mass is 9.67. The molecular formula is C18H26ClNO3S. The largest absolute Gasteiger partial charge is 0.352 e. The van der Waals surface area contributed by atoms with Gasteiger partial charge in [-0.2, -0.15) is 0 Å². The quantitative estimate of drug-likeness (QED) is 0.851. The predicted octanol–water partition coefficient (Wildman–Crippen LogP) is 3.97. The first-order valence-electron chi connectivity index (χ1n) is 8.35. The molecule has 24 heavy (non-hydrogen) atoms. The molecule has 2 rings (SSSR count). The van der Waals surface area contributed by atoms with E-state index in [4.69, 9.17) is 11.6 Å². The third-order valence-electron chi connectivity index (χ3n) is 5.05. The first kappa shape index (κ1) is 19.3. The average Bonchev–Trinajstić information content (AvgIpc) is 2.46. The SMILES string of the molecule is CC1(C)CCCCC1CC(=O)NCc1ccc(S(C)(=O)=O)c(Cl)c1. The number of amides is 1. The lowest BCUT2D eigenvalue weighted by molar-refractivity contribution is -0.123. The van der Waals surface area contributed by atoms with E-state index in [2.05, 4.69) is 19.2 Å². The highest BCUT2D eigenvalue weighted by atomic mass is 35.5. The van der Waals surface area contributed by atoms with E-state index in [0.717, 1.165) is 18.2 Å². The Kier molecular flexibility index (Phi) is 5.97. The molecule has 1 saturated carbocycles. The summed E-state index contributed by atoms with van der Waals surface area (Å²) in [5.41, 5.74) is 1.01. The molecule has 1 aromatic rings. The van der Waals surface area contributed by atoms with Gasteiger partial charge in [-0.15, -0.1) is 0 Å². The third-order valence-corrected chi connectivity index (χ3v) is 6.63. The number of rotatable bonds is 5. The van der Waals surface area contributed by atoms with Crippen molar-refractivity contribution in [1.29, 1.82) is 0 Å². The van der Waals surface area contributed by atoms with Crippen molar-refractivity contribution in [1.82, 2.24) is 5.32 Å². The maximum absolute atomic E-state index is 12.2. The third kappa shape index (κ3) is 4.96. The van der Waals surface area contributed by atoms with Crippen LogP contribution in [0.5, 0.6) is 0 Å². The summed E-state index contributed by atoms with van der Waals surface area (Å²) in [7, 11) is -3.33. The molecule has 0 saturated heterocycles. The summed E-state index contributed by atoms with van der Waals surface area (Å²) in [6.07, 6.45) is 6.40. The van der Waals surface area contributed by atoms with Crippen LogP contribution in [-0.4, -0.2) is 20.6 Å². The molecule has 1 fully saturated rings. The van der Waals surface area contributed by atoms with Gasteiger partial charge >= 0.3 is 0 Å². The fourth-order valence-corrected chi connectivity index (χ4v) is 4.75. The van der Waals surface area contributed by atoms with Crippen LogP contribution in [0.3, 0.4) is 0 Å². The van der Waals surface area contributed by atoms with Gasteiger partial charge in [-0.05, 0) is 41.9 Å². The Morgan fingerprint density at radius 1 is 1.33 bits per heavy atom. The van der Waals surface area contributed by atoms with Gasteiger partial charge in [0, 0.05) is 19.2 Å². The number of halogens is 1. The van der Waals surface area contributed by atoms with E-state index < -0.39 is 9.84 Å². The lowest BCUT2D eigenvalue weighted by Gasteiger charge is -2.38. The van der Waals surface area contributed by atoms with Crippen molar-refractivity contribution >= 4 is 27.3 Å². The first-order chi connectivity index (χ1) is 11.1. The van der Waals surface area contributed by atoms with E-state index in [-0.39, 0.29) is 21.2 Å². The molecule has 4 nitrogen and oxygen atoms in total. The summed E-state index contributed by atoms with van der Waals surface area (Å²) < 4.78 is 23.1. The summed E-state index contributed by atoms with van der Waals surface area (Å²) in [4.78, 5) is 12.4. The van der Waals surface area contributed by atoms with Gasteiger partial charge < -0.3 is 5.32 Å². The van der Waals surface area contributed by atoms with Gasteiger partial charge in [-0.25, -0.2) is 8.42 Å². The minimum absolute atomic E-state index is 0.0401. The summed E-state index contributed by atoms with van der Waals surface area (Å²) >= 11 is 6.03. The Morgan fingerprint density at radius 3 is 2.62 bits per heavy atom. The van der Waals surface area contributed by atoms with Crippen molar-refractivity contribution in [3.05, 3.63) is 28.8 Å². The highest BCUT2D eigenvalue weighted by molar-refractivity contribution is 7.90. The van der Waals surface area contributed by atoms with Crippen LogP contribution in [0.25, 0.3) is 0 Å². The zero-order valence-corrected chi connectivity index (χ0v) is 16.1. The van der Waals surface area contributed by atoms with Crippen LogP contribution in [0.4, 0.5) is 0 Å². The summed E-state index contributed by atoms with van der Waals surface area (Å²) in [6.45, 7) is 4.84. The molecule has 1 aliphatic carbocycles. The topological polar surface area (TPSA) is 63.2 Å². The molecular weight excluding hydrogens is 346 g/mol. The van der Waals surface area contributed by atoms with E-state index in [0.29, 0.717) is 18.9 Å². The van der Waals surface area contributed by atoms with Crippen molar-refractivity contribution < 1.29 is 13.2 Å². The Balaban J connectivity index is 1.93. The Bertz CT molecular complexity index is 713. The van der Waals surface area contributed by atoms with Crippen molar-refractivity contribution in [2.75, 3.05) is 6.26 Å². The summed E-state index contributed by atoms with van der Waals surface area (Å²) in [6, 6.07) is 4.78. The average molecular weight is 372 g/mol. The molecule has 1 atom stereocenters. The van der Waals surface area contributed by atoms with Gasteiger partial charge in [0.05, 0.1) is 9.92 Å². The molecule has 0 bridgehead atoms. The number of hydrogen-bond donors (Lipinski definition) is 1. The standard InChI is InChI=1S/C18H26ClNO3S/c1-18(2)9-5-4-6-14(18)11-17(21)20-12-13-7-8-16(15(19)10-13)24(3,22)23/h7-8,10,14H,4-6,9,11-12H2,1-3H3,(H,20,21). The van der Waals surface area contributed by atoms with Gasteiger partial charge in [0.1, 0.15) is 0 Å². The van der Waals surface area contributed by atoms with Crippen LogP contribution in [0.2, 0.25) is 5.02 Å². The van der Waals surface area contributed by atoms with E-state index in [1.165, 1.54) is 25.3 Å². The second-order valence-corrected chi connectivity index (χ2v) is 9.84. The molecule has 0 spiro atoms. The molecule has 134 valence electrons. The van der Waals surface area contributed by atoms with E-state index in [1.807, 2.05) is 0 Å². The molecule has 0 aromatic heterocycles. The normalized spacial score (nSPS) is 20.6. The molecule has 1 aromatic carbocycles. The number of sulfone groups is 1. The van der Waals surface area contributed by atoms with Gasteiger partial charge in [-0.3, -0.25) is 4.79 Å². The number of carbonyl (C=O) groups is 1. The zero-order valence-electron chi connectivity index (χ0n) is 14.6. The maximum Gasteiger partial charge on any atom is 0.220 e. The van der Waals surface area contributed by atoms with Crippen LogP contribution in [-0.2, 0) is 21.2 Å². The minimum Gasteiger partial charge on any atom is -0.352 e. The van der Waals surface area contributed by atoms with Gasteiger partial charge in [0.15, 0.2) is 9.84 Å². The van der Waals surface area contributed by atoms with Crippen molar-refractivity contribution in [2.24, 2.45) is 11.3 Å². The second kappa shape index (κ2) is 7.44. The molecule has 6 heteroatoms. The molecule has 0 aliphatic heterocycles. The highest BCUT2D eigenvalue weighted by Gasteiger charge is 2.33. The van der Waals surface area contributed by atoms with Crippen LogP contribution >= 0.6 is 11.6 Å². The number of benzene rings is 1. The first-order valence-corrected chi connectivity index (χ1v) is 10.6. The molecule has 0 heterocycles. The Hall–Kier alpha value is -1.07. The zero-order chi connectivity index (χ0) is 18.0. The minimum atomic E-state index is -3.33. The number of carbonyl (C=O) groups excluding carboxylic acids is 1. The second-order valence-electron chi connectivity index (χ2n) is 7.45. The fourth-order valence-electron chi connectivity index (χ4n) is 3.40. The van der Waals surface area contributed by atoms with Crippen molar-refractivity contribution in [2.45, 2.75) is 57.4 Å². The molecule has 1 aliphatic rings. The van der Waals surface area contributed by atoms with Crippen LogP contribution in [0.1, 0.15) is 51.5 Å². The van der Waals surface area contributed by atoms with Crippen molar-refractivity contribution in [3.8, 4) is 0 Å². The predicted molar refractivity (Wildman–Crippen MR) is 96.8 cm³/mol. The van der Waals surface area contributed by atoms with E-state index in [9.17, 15) is 13.2 Å². The smallest absolute Gasteiger partial charge is 0.220 e. The van der Waals surface area contributed by atoms with Gasteiger partial charge in [0.2, 0.25) is 5.91 Å². The van der Waals surface area contributed by atoms with Crippen LogP contribution in [0.15, 0.2) is 23.1 Å². The maximum atomic E-state index is 12.2. The van der Waals surface area contributed by atoms with Crippen LogP contribution in [0, 0.1) is 11.3 Å². The summed E-state index contributed by atoms with van der Waals surface area (Å²) in [5, 5.41) is 3.11. The van der Waals surface area contributed by atoms with Crippen LogP contribution < -0.4 is 5.32 Å². The van der Waals surface area contributed by atoms with Crippen molar-refractivity contribution in [3.63, 3.8) is 0 Å². The monoisotopic (exact) mass is 371 g/mol. The Labute approximate surface area is 149 Å². The number of hydrogen-bond acceptors (Lipinski definition) is 3. The highest BCUT2D eigenvalue weighted by Crippen LogP contribution is 2.42.